The van der Waals surface area contributed by atoms with Crippen LogP contribution in [0.1, 0.15) is 41.3 Å². The fourth-order valence-electron chi connectivity index (χ4n) is 1.45. The van der Waals surface area contributed by atoms with Crippen molar-refractivity contribution in [1.82, 2.24) is 5.32 Å². The summed E-state index contributed by atoms with van der Waals surface area (Å²) in [5.41, 5.74) is 2.96. The Bertz CT molecular complexity index is 344. The summed E-state index contributed by atoms with van der Waals surface area (Å²) in [5, 5.41) is 2.93. The summed E-state index contributed by atoms with van der Waals surface area (Å²) in [6, 6.07) is 5.96. The van der Waals surface area contributed by atoms with Gasteiger partial charge in [0.15, 0.2) is 0 Å². The second kappa shape index (κ2) is 5.54. The number of hydrogen-bond donors (Lipinski definition) is 1. The first kappa shape index (κ1) is 11.8. The van der Waals surface area contributed by atoms with E-state index in [1.165, 1.54) is 0 Å². The van der Waals surface area contributed by atoms with Gasteiger partial charge in [-0.25, -0.2) is 0 Å². The maximum Gasteiger partial charge on any atom is 0.251 e. The highest BCUT2D eigenvalue weighted by Crippen LogP contribution is 2.10. The van der Waals surface area contributed by atoms with E-state index in [2.05, 4.69) is 12.2 Å². The van der Waals surface area contributed by atoms with Crippen LogP contribution < -0.4 is 5.32 Å². The molecule has 0 saturated carbocycles. The van der Waals surface area contributed by atoms with Crippen molar-refractivity contribution in [1.29, 1.82) is 0 Å². The molecule has 0 atom stereocenters. The van der Waals surface area contributed by atoms with Gasteiger partial charge in [-0.1, -0.05) is 31.0 Å². The van der Waals surface area contributed by atoms with E-state index in [9.17, 15) is 4.79 Å². The molecule has 82 valence electrons. The molecule has 0 unspecified atom stereocenters. The van der Waals surface area contributed by atoms with Gasteiger partial charge in [0, 0.05) is 12.1 Å². The lowest BCUT2D eigenvalue weighted by atomic mass is 10.1. The molecule has 0 aromatic heterocycles. The van der Waals surface area contributed by atoms with E-state index in [0.717, 1.165) is 36.1 Å². The molecule has 0 radical (unpaired) electrons. The van der Waals surface area contributed by atoms with Gasteiger partial charge in [0.1, 0.15) is 0 Å². The van der Waals surface area contributed by atoms with Crippen molar-refractivity contribution in [2.75, 3.05) is 6.54 Å². The first-order chi connectivity index (χ1) is 7.15. The predicted octanol–water partition coefficient (Wildman–Crippen LogP) is 2.83. The van der Waals surface area contributed by atoms with Crippen molar-refractivity contribution in [3.05, 3.63) is 34.9 Å². The number of carbonyl (C=O) groups is 1. The quantitative estimate of drug-likeness (QED) is 0.752. The Morgan fingerprint density at radius 3 is 2.73 bits per heavy atom. The van der Waals surface area contributed by atoms with Crippen molar-refractivity contribution in [3.8, 4) is 0 Å². The van der Waals surface area contributed by atoms with Crippen molar-refractivity contribution in [2.45, 2.75) is 33.6 Å². The van der Waals surface area contributed by atoms with E-state index < -0.39 is 0 Å². The summed E-state index contributed by atoms with van der Waals surface area (Å²) in [4.78, 5) is 11.8. The van der Waals surface area contributed by atoms with Gasteiger partial charge in [-0.2, -0.15) is 0 Å². The highest BCUT2D eigenvalue weighted by atomic mass is 16.1. The van der Waals surface area contributed by atoms with Gasteiger partial charge in [-0.3, -0.25) is 4.79 Å². The monoisotopic (exact) mass is 205 g/mol. The largest absolute Gasteiger partial charge is 0.352 e. The number of carbonyl (C=O) groups excluding carboxylic acids is 1. The lowest BCUT2D eigenvalue weighted by Gasteiger charge is -2.07. The molecule has 0 spiro atoms. The van der Waals surface area contributed by atoms with E-state index in [1.54, 1.807) is 0 Å². The van der Waals surface area contributed by atoms with Crippen LogP contribution in [0.15, 0.2) is 18.2 Å². The number of amides is 1. The second-order valence-electron chi connectivity index (χ2n) is 3.93. The number of hydrogen-bond acceptors (Lipinski definition) is 1. The number of aryl methyl sites for hydroxylation is 2. The molecule has 0 aliphatic carbocycles. The first-order valence-corrected chi connectivity index (χ1v) is 5.50. The third kappa shape index (κ3) is 3.39. The predicted molar refractivity (Wildman–Crippen MR) is 63.2 cm³/mol. The molecule has 0 fully saturated rings. The minimum absolute atomic E-state index is 0.0460. The van der Waals surface area contributed by atoms with Crippen LogP contribution in [0.4, 0.5) is 0 Å². The highest BCUT2D eigenvalue weighted by Gasteiger charge is 2.07. The van der Waals surface area contributed by atoms with Crippen LogP contribution in [0.5, 0.6) is 0 Å². The van der Waals surface area contributed by atoms with Gasteiger partial charge >= 0.3 is 0 Å². The molecule has 0 bridgehead atoms. The van der Waals surface area contributed by atoms with Crippen LogP contribution >= 0.6 is 0 Å². The van der Waals surface area contributed by atoms with Gasteiger partial charge in [-0.05, 0) is 31.9 Å². The Morgan fingerprint density at radius 2 is 2.07 bits per heavy atom. The molecule has 1 N–H and O–H groups in total. The van der Waals surface area contributed by atoms with E-state index >= 15 is 0 Å². The molecule has 1 amide bonds. The van der Waals surface area contributed by atoms with Crippen molar-refractivity contribution in [3.63, 3.8) is 0 Å². The molecule has 0 aliphatic heterocycles. The molecule has 1 aromatic rings. The maximum atomic E-state index is 11.8. The van der Waals surface area contributed by atoms with Crippen LogP contribution in [0.25, 0.3) is 0 Å². The molecule has 2 nitrogen and oxygen atoms in total. The van der Waals surface area contributed by atoms with Crippen molar-refractivity contribution in [2.24, 2.45) is 0 Å². The van der Waals surface area contributed by atoms with E-state index in [4.69, 9.17) is 0 Å². The molecular formula is C13H19NO. The Balaban J connectivity index is 2.68. The van der Waals surface area contributed by atoms with E-state index in [1.807, 2.05) is 32.0 Å². The summed E-state index contributed by atoms with van der Waals surface area (Å²) in [5.74, 6) is 0.0460. The smallest absolute Gasteiger partial charge is 0.251 e. The summed E-state index contributed by atoms with van der Waals surface area (Å²) in [6.07, 6.45) is 2.14. The third-order valence-electron chi connectivity index (χ3n) is 2.45. The zero-order valence-corrected chi connectivity index (χ0v) is 9.76. The maximum absolute atomic E-state index is 11.8. The number of nitrogens with one attached hydrogen (secondary N) is 1. The van der Waals surface area contributed by atoms with Crippen LogP contribution in [0.3, 0.4) is 0 Å². The lowest BCUT2D eigenvalue weighted by molar-refractivity contribution is 0.0952. The number of rotatable bonds is 4. The minimum Gasteiger partial charge on any atom is -0.352 e. The average Bonchev–Trinajstić information content (AvgIpc) is 2.22. The fourth-order valence-corrected chi connectivity index (χ4v) is 1.45. The van der Waals surface area contributed by atoms with Crippen LogP contribution in [0, 0.1) is 13.8 Å². The van der Waals surface area contributed by atoms with Crippen LogP contribution in [-0.4, -0.2) is 12.5 Å². The van der Waals surface area contributed by atoms with E-state index in [0.29, 0.717) is 0 Å². The molecule has 0 heterocycles. The Hall–Kier alpha value is -1.31. The van der Waals surface area contributed by atoms with Gasteiger partial charge in [-0.15, -0.1) is 0 Å². The zero-order valence-electron chi connectivity index (χ0n) is 9.76. The lowest BCUT2D eigenvalue weighted by Crippen LogP contribution is -2.25. The number of unbranched alkanes of at least 4 members (excludes halogenated alkanes) is 1. The van der Waals surface area contributed by atoms with Gasteiger partial charge in [0.05, 0.1) is 0 Å². The van der Waals surface area contributed by atoms with Gasteiger partial charge < -0.3 is 5.32 Å². The minimum atomic E-state index is 0.0460. The summed E-state index contributed by atoms with van der Waals surface area (Å²) >= 11 is 0. The van der Waals surface area contributed by atoms with Crippen LogP contribution in [-0.2, 0) is 0 Å². The molecule has 1 rings (SSSR count). The molecule has 15 heavy (non-hydrogen) atoms. The Morgan fingerprint density at radius 1 is 1.33 bits per heavy atom. The number of benzene rings is 1. The normalized spacial score (nSPS) is 10.1. The topological polar surface area (TPSA) is 29.1 Å². The van der Waals surface area contributed by atoms with Crippen molar-refractivity contribution >= 4 is 5.91 Å². The third-order valence-corrected chi connectivity index (χ3v) is 2.45. The first-order valence-electron chi connectivity index (χ1n) is 5.50. The summed E-state index contributed by atoms with van der Waals surface area (Å²) in [6.45, 7) is 6.85. The SMILES string of the molecule is CCCCNC(=O)c1cc(C)ccc1C. The molecule has 0 aliphatic rings. The summed E-state index contributed by atoms with van der Waals surface area (Å²) < 4.78 is 0. The Labute approximate surface area is 91.7 Å². The van der Waals surface area contributed by atoms with E-state index in [-0.39, 0.29) is 5.91 Å². The van der Waals surface area contributed by atoms with Gasteiger partial charge in [0.25, 0.3) is 5.91 Å². The zero-order chi connectivity index (χ0) is 11.3. The summed E-state index contributed by atoms with van der Waals surface area (Å²) in [7, 11) is 0. The molecule has 1 aromatic carbocycles. The van der Waals surface area contributed by atoms with Gasteiger partial charge in [0.2, 0.25) is 0 Å². The van der Waals surface area contributed by atoms with Crippen LogP contribution in [0.2, 0.25) is 0 Å². The second-order valence-corrected chi connectivity index (χ2v) is 3.93. The van der Waals surface area contributed by atoms with Crippen molar-refractivity contribution < 1.29 is 4.79 Å². The molecule has 2 heteroatoms. The fraction of sp³-hybridized carbons (Fsp3) is 0.462. The molecular weight excluding hydrogens is 186 g/mol. The Kier molecular flexibility index (Phi) is 4.35. The standard InChI is InChI=1S/C13H19NO/c1-4-5-8-14-13(15)12-9-10(2)6-7-11(12)3/h6-7,9H,4-5,8H2,1-3H3,(H,14,15). The highest BCUT2D eigenvalue weighted by molar-refractivity contribution is 5.95. The average molecular weight is 205 g/mol. The molecule has 0 saturated heterocycles.